The third-order valence-electron chi connectivity index (χ3n) is 4.78. The summed E-state index contributed by atoms with van der Waals surface area (Å²) in [5.74, 6) is 0.668. The second-order valence-corrected chi connectivity index (χ2v) is 8.76. The smallest absolute Gasteiger partial charge is 0.330 e. The van der Waals surface area contributed by atoms with Crippen molar-refractivity contribution in [3.63, 3.8) is 0 Å². The molecule has 2 rings (SSSR count). The molecule has 0 saturated carbocycles. The number of amides is 1. The number of aryl methyl sites for hydroxylation is 2. The monoisotopic (exact) mass is 430 g/mol. The summed E-state index contributed by atoms with van der Waals surface area (Å²) < 4.78 is 7.10. The molecule has 0 unspecified atom stereocenters. The predicted octanol–water partition coefficient (Wildman–Crippen LogP) is 2.85. The maximum Gasteiger partial charge on any atom is 0.330 e. The summed E-state index contributed by atoms with van der Waals surface area (Å²) in [6.07, 6.45) is 0.0717. The van der Waals surface area contributed by atoms with Gasteiger partial charge in [-0.1, -0.05) is 45.4 Å². The Morgan fingerprint density at radius 1 is 1.16 bits per heavy atom. The van der Waals surface area contributed by atoms with E-state index in [0.29, 0.717) is 13.1 Å². The average Bonchev–Trinajstić information content (AvgIpc) is 2.65. The van der Waals surface area contributed by atoms with E-state index in [1.165, 1.54) is 9.47 Å². The van der Waals surface area contributed by atoms with E-state index in [0.717, 1.165) is 16.9 Å². The van der Waals surface area contributed by atoms with Crippen molar-refractivity contribution in [2.75, 3.05) is 23.8 Å². The number of hydrogen-bond acceptors (Lipinski definition) is 5. The molecule has 0 aliphatic heterocycles. The van der Waals surface area contributed by atoms with Crippen molar-refractivity contribution >= 4 is 17.4 Å². The maximum absolute atomic E-state index is 13.1. The van der Waals surface area contributed by atoms with Gasteiger partial charge in [-0.3, -0.25) is 19.1 Å². The van der Waals surface area contributed by atoms with Gasteiger partial charge in [0.05, 0.1) is 13.0 Å². The number of benzene rings is 1. The number of carbonyl (C=O) groups excluding carboxylic acids is 1. The zero-order valence-corrected chi connectivity index (χ0v) is 19.3. The summed E-state index contributed by atoms with van der Waals surface area (Å²) in [5.41, 5.74) is 7.13. The quantitative estimate of drug-likeness (QED) is 0.636. The molecule has 8 heteroatoms. The normalized spacial score (nSPS) is 11.2. The fourth-order valence-corrected chi connectivity index (χ4v) is 3.41. The molecular weight excluding hydrogens is 396 g/mol. The highest BCUT2D eigenvalue weighted by Crippen LogP contribution is 2.21. The van der Waals surface area contributed by atoms with E-state index in [2.05, 4.69) is 4.98 Å². The molecule has 8 nitrogen and oxygen atoms in total. The molecule has 0 saturated heterocycles. The predicted molar refractivity (Wildman–Crippen MR) is 124 cm³/mol. The number of carbonyl (C=O) groups is 1. The first-order valence-electron chi connectivity index (χ1n) is 10.6. The van der Waals surface area contributed by atoms with Crippen molar-refractivity contribution in [3.05, 3.63) is 50.2 Å². The number of anilines is 2. The van der Waals surface area contributed by atoms with Crippen LogP contribution < -0.4 is 26.6 Å². The Bertz CT molecular complexity index is 1040. The van der Waals surface area contributed by atoms with Crippen molar-refractivity contribution in [1.29, 1.82) is 0 Å². The van der Waals surface area contributed by atoms with Crippen LogP contribution in [-0.2, 0) is 11.3 Å². The topological polar surface area (TPSA) is 110 Å². The largest absolute Gasteiger partial charge is 0.493 e. The van der Waals surface area contributed by atoms with Gasteiger partial charge < -0.3 is 15.4 Å². The number of nitrogens with two attached hydrogens (primary N) is 1. The van der Waals surface area contributed by atoms with E-state index in [1.807, 2.05) is 59.7 Å². The van der Waals surface area contributed by atoms with E-state index in [9.17, 15) is 14.4 Å². The highest BCUT2D eigenvalue weighted by molar-refractivity contribution is 5.95. The number of ether oxygens (including phenoxy) is 1. The highest BCUT2D eigenvalue weighted by atomic mass is 16.5. The molecule has 0 aliphatic rings. The lowest BCUT2D eigenvalue weighted by atomic mass is 10.1. The number of rotatable bonds is 9. The second-order valence-electron chi connectivity index (χ2n) is 8.76. The minimum atomic E-state index is -0.660. The van der Waals surface area contributed by atoms with Crippen LogP contribution in [0.2, 0.25) is 0 Å². The average molecular weight is 431 g/mol. The first kappa shape index (κ1) is 24.2. The van der Waals surface area contributed by atoms with Crippen LogP contribution in [0.5, 0.6) is 5.75 Å². The first-order valence-corrected chi connectivity index (χ1v) is 10.6. The minimum Gasteiger partial charge on any atom is -0.493 e. The van der Waals surface area contributed by atoms with Crippen LogP contribution in [0.25, 0.3) is 0 Å². The van der Waals surface area contributed by atoms with Crippen LogP contribution >= 0.6 is 0 Å². The molecule has 31 heavy (non-hydrogen) atoms. The summed E-state index contributed by atoms with van der Waals surface area (Å²) in [6.45, 7) is 12.5. The molecule has 0 spiro atoms. The molecule has 0 radical (unpaired) electrons. The van der Waals surface area contributed by atoms with Gasteiger partial charge in [-0.05, 0) is 37.3 Å². The van der Waals surface area contributed by atoms with Gasteiger partial charge in [0.2, 0.25) is 5.91 Å². The van der Waals surface area contributed by atoms with Gasteiger partial charge >= 0.3 is 5.69 Å². The van der Waals surface area contributed by atoms with Gasteiger partial charge in [0, 0.05) is 13.1 Å². The molecule has 2 aromatic rings. The lowest BCUT2D eigenvalue weighted by molar-refractivity contribution is -0.119. The van der Waals surface area contributed by atoms with E-state index in [4.69, 9.17) is 10.5 Å². The number of nitrogens with zero attached hydrogens (tertiary/aromatic N) is 2. The molecule has 170 valence electrons. The summed E-state index contributed by atoms with van der Waals surface area (Å²) in [5, 5.41) is 0. The molecule has 0 atom stereocenters. The molecule has 1 heterocycles. The van der Waals surface area contributed by atoms with E-state index >= 15 is 0 Å². The van der Waals surface area contributed by atoms with Crippen LogP contribution in [0.3, 0.4) is 0 Å². The number of aromatic amines is 1. The van der Waals surface area contributed by atoms with Gasteiger partial charge in [0.15, 0.2) is 5.69 Å². The van der Waals surface area contributed by atoms with Gasteiger partial charge in [-0.2, -0.15) is 0 Å². The number of nitrogens with one attached hydrogen (secondary N) is 1. The molecule has 1 amide bonds. The maximum atomic E-state index is 13.1. The molecular formula is C23H34N4O4. The standard InChI is InChI=1S/C23H34N4O4/c1-14(2)12-26(19(28)9-10-31-18-8-7-16(5)11-17(18)6)20-21(24)27(13-15(3)4)23(30)25-22(20)29/h7-8,11,14-15H,9-10,12-13,24H2,1-6H3,(H,25,29,30). The lowest BCUT2D eigenvalue weighted by Crippen LogP contribution is -2.43. The summed E-state index contributed by atoms with van der Waals surface area (Å²) in [4.78, 5) is 41.6. The van der Waals surface area contributed by atoms with Crippen molar-refractivity contribution < 1.29 is 9.53 Å². The van der Waals surface area contributed by atoms with Crippen LogP contribution in [0.4, 0.5) is 11.5 Å². The SMILES string of the molecule is Cc1ccc(OCCC(=O)N(CC(C)C)c2c(N)n(CC(C)C)c(=O)[nH]c2=O)c(C)c1. The minimum absolute atomic E-state index is 0.00625. The Kier molecular flexibility index (Phi) is 8.08. The summed E-state index contributed by atoms with van der Waals surface area (Å²) in [7, 11) is 0. The third kappa shape index (κ3) is 6.23. The van der Waals surface area contributed by atoms with Crippen molar-refractivity contribution in [2.24, 2.45) is 11.8 Å². The number of H-pyrrole nitrogens is 1. The van der Waals surface area contributed by atoms with Gasteiger partial charge in [-0.15, -0.1) is 0 Å². The van der Waals surface area contributed by atoms with Gasteiger partial charge in [0.25, 0.3) is 5.56 Å². The van der Waals surface area contributed by atoms with Crippen molar-refractivity contribution in [2.45, 2.75) is 54.5 Å². The van der Waals surface area contributed by atoms with Gasteiger partial charge in [-0.25, -0.2) is 4.79 Å². The van der Waals surface area contributed by atoms with Gasteiger partial charge in [0.1, 0.15) is 11.6 Å². The Labute approximate surface area is 183 Å². The van der Waals surface area contributed by atoms with Crippen LogP contribution in [0.15, 0.2) is 27.8 Å². The third-order valence-corrected chi connectivity index (χ3v) is 4.78. The van der Waals surface area contributed by atoms with E-state index in [1.54, 1.807) is 0 Å². The van der Waals surface area contributed by atoms with E-state index in [-0.39, 0.29) is 42.3 Å². The molecule has 1 aromatic carbocycles. The van der Waals surface area contributed by atoms with Crippen LogP contribution in [0, 0.1) is 25.7 Å². The van der Waals surface area contributed by atoms with Crippen molar-refractivity contribution in [1.82, 2.24) is 9.55 Å². The summed E-state index contributed by atoms with van der Waals surface area (Å²) in [6, 6.07) is 5.85. The molecule has 3 N–H and O–H groups in total. The van der Waals surface area contributed by atoms with Crippen molar-refractivity contribution in [3.8, 4) is 5.75 Å². The molecule has 1 aromatic heterocycles. The highest BCUT2D eigenvalue weighted by Gasteiger charge is 2.25. The second kappa shape index (κ2) is 10.3. The zero-order chi connectivity index (χ0) is 23.3. The molecule has 0 bridgehead atoms. The zero-order valence-electron chi connectivity index (χ0n) is 19.3. The fourth-order valence-electron chi connectivity index (χ4n) is 3.41. The summed E-state index contributed by atoms with van der Waals surface area (Å²) >= 11 is 0. The Hall–Kier alpha value is -3.03. The first-order chi connectivity index (χ1) is 14.5. The Morgan fingerprint density at radius 3 is 2.42 bits per heavy atom. The number of nitrogen functional groups attached to an aromatic ring is 1. The Morgan fingerprint density at radius 2 is 1.84 bits per heavy atom. The number of aromatic nitrogens is 2. The fraction of sp³-hybridized carbons (Fsp3) is 0.522. The van der Waals surface area contributed by atoms with Crippen LogP contribution in [-0.4, -0.2) is 28.6 Å². The number of hydrogen-bond donors (Lipinski definition) is 2. The molecule has 0 fully saturated rings. The Balaban J connectivity index is 2.29. The van der Waals surface area contributed by atoms with Crippen LogP contribution in [0.1, 0.15) is 45.2 Å². The van der Waals surface area contributed by atoms with E-state index < -0.39 is 11.2 Å². The molecule has 0 aliphatic carbocycles. The lowest BCUT2D eigenvalue weighted by Gasteiger charge is -2.26.